The van der Waals surface area contributed by atoms with Gasteiger partial charge in [0.15, 0.2) is 0 Å². The summed E-state index contributed by atoms with van der Waals surface area (Å²) in [5, 5.41) is 6.55. The van der Waals surface area contributed by atoms with Gasteiger partial charge in [-0.05, 0) is 44.2 Å². The summed E-state index contributed by atoms with van der Waals surface area (Å²) in [6, 6.07) is 3.75. The first kappa shape index (κ1) is 16.1. The first-order valence-electron chi connectivity index (χ1n) is 8.72. The molecular formula is C18H21FN4O2. The average Bonchev–Trinajstić information content (AvgIpc) is 3.09. The Kier molecular flexibility index (Phi) is 3.94. The molecule has 2 fully saturated rings. The highest BCUT2D eigenvalue weighted by Crippen LogP contribution is 2.32. The van der Waals surface area contributed by atoms with Gasteiger partial charge in [0.05, 0.1) is 5.56 Å². The van der Waals surface area contributed by atoms with Gasteiger partial charge in [-0.25, -0.2) is 4.39 Å². The van der Waals surface area contributed by atoms with Crippen LogP contribution in [0.15, 0.2) is 16.7 Å². The fourth-order valence-electron chi connectivity index (χ4n) is 3.24. The average molecular weight is 344 g/mol. The van der Waals surface area contributed by atoms with Gasteiger partial charge >= 0.3 is 11.8 Å². The molecule has 132 valence electrons. The van der Waals surface area contributed by atoms with E-state index in [9.17, 15) is 9.18 Å². The molecule has 2 heterocycles. The molecule has 25 heavy (non-hydrogen) atoms. The summed E-state index contributed by atoms with van der Waals surface area (Å²) in [5.74, 6) is -0.181. The number of aromatic nitrogens is 2. The Labute approximate surface area is 145 Å². The number of hydrogen-bond donors (Lipinski definition) is 1. The van der Waals surface area contributed by atoms with Crippen LogP contribution in [0.1, 0.15) is 42.4 Å². The molecule has 4 rings (SSSR count). The van der Waals surface area contributed by atoms with Crippen molar-refractivity contribution >= 4 is 11.6 Å². The van der Waals surface area contributed by atoms with E-state index in [0.717, 1.165) is 38.0 Å². The van der Waals surface area contributed by atoms with E-state index in [2.05, 4.69) is 27.3 Å². The van der Waals surface area contributed by atoms with Crippen molar-refractivity contribution in [3.05, 3.63) is 29.4 Å². The zero-order valence-electron chi connectivity index (χ0n) is 14.4. The highest BCUT2D eigenvalue weighted by atomic mass is 19.1. The van der Waals surface area contributed by atoms with E-state index >= 15 is 0 Å². The molecule has 1 N–H and O–H groups in total. The normalized spacial score (nSPS) is 20.1. The number of anilines is 1. The lowest BCUT2D eigenvalue weighted by atomic mass is 10.1. The molecule has 1 amide bonds. The van der Waals surface area contributed by atoms with E-state index in [-0.39, 0.29) is 29.1 Å². The summed E-state index contributed by atoms with van der Waals surface area (Å²) in [6.07, 6.45) is 3.06. The van der Waals surface area contributed by atoms with Crippen molar-refractivity contribution < 1.29 is 13.7 Å². The van der Waals surface area contributed by atoms with Gasteiger partial charge in [-0.3, -0.25) is 4.79 Å². The number of hydrogen-bond acceptors (Lipinski definition) is 5. The predicted octanol–water partition coefficient (Wildman–Crippen LogP) is 2.92. The molecule has 1 aliphatic carbocycles. The van der Waals surface area contributed by atoms with Gasteiger partial charge < -0.3 is 14.7 Å². The van der Waals surface area contributed by atoms with Crippen LogP contribution in [0.4, 0.5) is 10.1 Å². The number of nitrogens with zero attached hydrogens (tertiary/aromatic N) is 3. The maximum atomic E-state index is 14.9. The fourth-order valence-corrected chi connectivity index (χ4v) is 3.24. The van der Waals surface area contributed by atoms with Crippen molar-refractivity contribution in [1.82, 2.24) is 15.5 Å². The molecule has 0 spiro atoms. The van der Waals surface area contributed by atoms with Gasteiger partial charge in [0.1, 0.15) is 5.82 Å². The summed E-state index contributed by atoms with van der Waals surface area (Å²) in [5.41, 5.74) is 1.73. The molecule has 6 nitrogen and oxygen atoms in total. The molecule has 0 radical (unpaired) electrons. The van der Waals surface area contributed by atoms with E-state index in [1.807, 2.05) is 6.07 Å². The number of carbonyl (C=O) groups is 1. The molecule has 1 aromatic heterocycles. The minimum Gasteiger partial charge on any atom is -0.371 e. The Morgan fingerprint density at radius 3 is 2.84 bits per heavy atom. The predicted molar refractivity (Wildman–Crippen MR) is 90.9 cm³/mol. The number of nitrogens with one attached hydrogen (secondary N) is 1. The summed E-state index contributed by atoms with van der Waals surface area (Å²) in [7, 11) is 0. The van der Waals surface area contributed by atoms with E-state index in [1.165, 1.54) is 0 Å². The zero-order chi connectivity index (χ0) is 17.6. The van der Waals surface area contributed by atoms with Crippen LogP contribution < -0.4 is 10.2 Å². The number of amides is 1. The van der Waals surface area contributed by atoms with Crippen molar-refractivity contribution in [3.63, 3.8) is 0 Å². The van der Waals surface area contributed by atoms with Crippen LogP contribution in [0.25, 0.3) is 11.4 Å². The highest BCUT2D eigenvalue weighted by molar-refractivity contribution is 5.90. The first-order valence-corrected chi connectivity index (χ1v) is 8.72. The van der Waals surface area contributed by atoms with Crippen molar-refractivity contribution in [3.8, 4) is 11.4 Å². The number of benzene rings is 1. The second kappa shape index (κ2) is 6.13. The summed E-state index contributed by atoms with van der Waals surface area (Å²) in [6.45, 7) is 5.84. The van der Waals surface area contributed by atoms with Crippen LogP contribution in [0.5, 0.6) is 0 Å². The van der Waals surface area contributed by atoms with Crippen molar-refractivity contribution in [2.75, 3.05) is 18.0 Å². The third-order valence-electron chi connectivity index (χ3n) is 4.90. The van der Waals surface area contributed by atoms with E-state index in [1.54, 1.807) is 13.0 Å². The summed E-state index contributed by atoms with van der Waals surface area (Å²) >= 11 is 0. The number of rotatable bonds is 4. The van der Waals surface area contributed by atoms with Crippen LogP contribution >= 0.6 is 0 Å². The van der Waals surface area contributed by atoms with Gasteiger partial charge in [0.25, 0.3) is 0 Å². The van der Waals surface area contributed by atoms with Crippen molar-refractivity contribution in [2.24, 2.45) is 5.92 Å². The monoisotopic (exact) mass is 344 g/mol. The Morgan fingerprint density at radius 1 is 1.36 bits per heavy atom. The molecule has 1 unspecified atom stereocenters. The maximum Gasteiger partial charge on any atom is 0.316 e. The lowest BCUT2D eigenvalue weighted by molar-refractivity contribution is 0.0907. The van der Waals surface area contributed by atoms with Gasteiger partial charge in [-0.15, -0.1) is 0 Å². The Balaban J connectivity index is 1.59. The van der Waals surface area contributed by atoms with Gasteiger partial charge in [-0.1, -0.05) is 12.1 Å². The van der Waals surface area contributed by atoms with Gasteiger partial charge in [0, 0.05) is 30.4 Å². The Morgan fingerprint density at radius 2 is 2.16 bits per heavy atom. The topological polar surface area (TPSA) is 71.3 Å². The molecule has 1 atom stereocenters. The fraction of sp³-hybridized carbons (Fsp3) is 0.500. The zero-order valence-corrected chi connectivity index (χ0v) is 14.4. The Bertz CT molecular complexity index is 815. The SMILES string of the molecule is Cc1c(N2CCC(C)C2)ccc(-c2noc(C(=O)NC3CC3)n2)c1F. The highest BCUT2D eigenvalue weighted by Gasteiger charge is 2.28. The van der Waals surface area contributed by atoms with Crippen molar-refractivity contribution in [2.45, 2.75) is 39.2 Å². The third-order valence-corrected chi connectivity index (χ3v) is 4.90. The van der Waals surface area contributed by atoms with Crippen LogP contribution in [0.3, 0.4) is 0 Å². The number of carbonyl (C=O) groups excluding carboxylic acids is 1. The van der Waals surface area contributed by atoms with E-state index in [4.69, 9.17) is 4.52 Å². The minimum absolute atomic E-state index is 0.0999. The Hall–Kier alpha value is -2.44. The molecule has 2 aromatic rings. The summed E-state index contributed by atoms with van der Waals surface area (Å²) in [4.78, 5) is 18.2. The summed E-state index contributed by atoms with van der Waals surface area (Å²) < 4.78 is 19.9. The lowest BCUT2D eigenvalue weighted by Crippen LogP contribution is -2.25. The molecule has 1 saturated heterocycles. The van der Waals surface area contributed by atoms with E-state index < -0.39 is 5.91 Å². The molecule has 0 bridgehead atoms. The molecule has 2 aliphatic rings. The first-order chi connectivity index (χ1) is 12.0. The third kappa shape index (κ3) is 3.10. The quantitative estimate of drug-likeness (QED) is 0.923. The number of halogens is 1. The smallest absolute Gasteiger partial charge is 0.316 e. The molecule has 1 saturated carbocycles. The second-order valence-electron chi connectivity index (χ2n) is 7.08. The van der Waals surface area contributed by atoms with Gasteiger partial charge in [0.2, 0.25) is 5.82 Å². The second-order valence-corrected chi connectivity index (χ2v) is 7.08. The molecule has 1 aliphatic heterocycles. The van der Waals surface area contributed by atoms with Crippen LogP contribution in [0, 0.1) is 18.7 Å². The van der Waals surface area contributed by atoms with Crippen molar-refractivity contribution in [1.29, 1.82) is 0 Å². The molecule has 1 aromatic carbocycles. The van der Waals surface area contributed by atoms with Gasteiger partial charge in [-0.2, -0.15) is 4.98 Å². The van der Waals surface area contributed by atoms with Crippen LogP contribution in [-0.2, 0) is 0 Å². The van der Waals surface area contributed by atoms with Crippen LogP contribution in [0.2, 0.25) is 0 Å². The molecule has 7 heteroatoms. The molecular weight excluding hydrogens is 323 g/mol. The lowest BCUT2D eigenvalue weighted by Gasteiger charge is -2.21. The van der Waals surface area contributed by atoms with E-state index in [0.29, 0.717) is 11.5 Å². The minimum atomic E-state index is -0.402. The van der Waals surface area contributed by atoms with Crippen LogP contribution in [-0.4, -0.2) is 35.2 Å². The largest absolute Gasteiger partial charge is 0.371 e. The standard InChI is InChI=1S/C18H21FN4O2/c1-10-7-8-23(9-10)14-6-5-13(15(19)11(14)2)16-21-18(25-22-16)17(24)20-12-3-4-12/h5-6,10,12H,3-4,7-9H2,1-2H3,(H,20,24). The maximum absolute atomic E-state index is 14.9.